The van der Waals surface area contributed by atoms with E-state index in [0.29, 0.717) is 31.7 Å². The highest BCUT2D eigenvalue weighted by Gasteiger charge is 2.35. The first-order valence-electron chi connectivity index (χ1n) is 12.9. The maximum atomic E-state index is 13.5. The second-order valence-electron chi connectivity index (χ2n) is 9.27. The van der Waals surface area contributed by atoms with Gasteiger partial charge in [-0.15, -0.1) is 0 Å². The summed E-state index contributed by atoms with van der Waals surface area (Å²) in [4.78, 5) is 15.2. The predicted octanol–water partition coefficient (Wildman–Crippen LogP) is 5.65. The van der Waals surface area contributed by atoms with E-state index in [1.807, 2.05) is 36.4 Å². The van der Waals surface area contributed by atoms with Crippen molar-refractivity contribution in [2.24, 2.45) is 0 Å². The van der Waals surface area contributed by atoms with Gasteiger partial charge < -0.3 is 14.4 Å². The SMILES string of the molecule is CCCCCCCOc1ccc(C(=O)N(Cc2ccc(OCCC)cc2)C2CCS(=O)(=O)C2)cc1. The normalized spacial score (nSPS) is 16.7. The number of carbonyl (C=O) groups excluding carboxylic acids is 1. The maximum absolute atomic E-state index is 13.5. The molecule has 6 nitrogen and oxygen atoms in total. The lowest BCUT2D eigenvalue weighted by Gasteiger charge is -2.28. The summed E-state index contributed by atoms with van der Waals surface area (Å²) in [5.41, 5.74) is 1.47. The topological polar surface area (TPSA) is 72.9 Å². The number of rotatable bonds is 14. The van der Waals surface area contributed by atoms with Crippen molar-refractivity contribution >= 4 is 15.7 Å². The maximum Gasteiger partial charge on any atom is 0.254 e. The second-order valence-corrected chi connectivity index (χ2v) is 11.5. The van der Waals surface area contributed by atoms with Crippen molar-refractivity contribution in [1.82, 2.24) is 4.90 Å². The van der Waals surface area contributed by atoms with Gasteiger partial charge in [-0.1, -0.05) is 51.7 Å². The van der Waals surface area contributed by atoms with Crippen LogP contribution in [-0.2, 0) is 16.4 Å². The monoisotopic (exact) mass is 501 g/mol. The fraction of sp³-hybridized carbons (Fsp3) is 0.536. The van der Waals surface area contributed by atoms with Crippen molar-refractivity contribution < 1.29 is 22.7 Å². The molecule has 1 unspecified atom stereocenters. The molecule has 1 saturated heterocycles. The number of unbranched alkanes of at least 4 members (excludes halogenated alkanes) is 4. The summed E-state index contributed by atoms with van der Waals surface area (Å²) in [6, 6.07) is 14.5. The molecule has 1 fully saturated rings. The summed E-state index contributed by atoms with van der Waals surface area (Å²) in [5.74, 6) is 1.50. The van der Waals surface area contributed by atoms with Crippen LogP contribution in [0.1, 0.15) is 74.7 Å². The van der Waals surface area contributed by atoms with Gasteiger partial charge in [-0.3, -0.25) is 4.79 Å². The third kappa shape index (κ3) is 8.57. The van der Waals surface area contributed by atoms with E-state index < -0.39 is 9.84 Å². The summed E-state index contributed by atoms with van der Waals surface area (Å²) in [6.07, 6.45) is 7.29. The third-order valence-electron chi connectivity index (χ3n) is 6.28. The van der Waals surface area contributed by atoms with Gasteiger partial charge in [0.2, 0.25) is 0 Å². The smallest absolute Gasteiger partial charge is 0.254 e. The second kappa shape index (κ2) is 13.5. The average Bonchev–Trinajstić information content (AvgIpc) is 3.23. The predicted molar refractivity (Wildman–Crippen MR) is 140 cm³/mol. The molecule has 0 aromatic heterocycles. The summed E-state index contributed by atoms with van der Waals surface area (Å²) >= 11 is 0. The highest BCUT2D eigenvalue weighted by atomic mass is 32.2. The largest absolute Gasteiger partial charge is 0.494 e. The minimum absolute atomic E-state index is 0.00958. The quantitative estimate of drug-likeness (QED) is 0.313. The Morgan fingerprint density at radius 2 is 1.49 bits per heavy atom. The molecule has 0 spiro atoms. The van der Waals surface area contributed by atoms with E-state index in [9.17, 15) is 13.2 Å². The molecule has 0 radical (unpaired) electrons. The van der Waals surface area contributed by atoms with E-state index >= 15 is 0 Å². The van der Waals surface area contributed by atoms with Crippen molar-refractivity contribution in [3.05, 3.63) is 59.7 Å². The fourth-order valence-corrected chi connectivity index (χ4v) is 5.98. The summed E-state index contributed by atoms with van der Waals surface area (Å²) in [7, 11) is -3.12. The number of hydrogen-bond donors (Lipinski definition) is 0. The van der Waals surface area contributed by atoms with Crippen LogP contribution in [0, 0.1) is 0 Å². The van der Waals surface area contributed by atoms with Crippen LogP contribution < -0.4 is 9.47 Å². The lowest BCUT2D eigenvalue weighted by Crippen LogP contribution is -2.40. The van der Waals surface area contributed by atoms with E-state index in [4.69, 9.17) is 9.47 Å². The average molecular weight is 502 g/mol. The van der Waals surface area contributed by atoms with Crippen LogP contribution in [-0.4, -0.2) is 50.0 Å². The zero-order valence-corrected chi connectivity index (χ0v) is 21.9. The zero-order chi connectivity index (χ0) is 25.1. The molecule has 1 aliphatic rings. The Labute approximate surface area is 210 Å². The van der Waals surface area contributed by atoms with Gasteiger partial charge in [0.15, 0.2) is 9.84 Å². The number of ether oxygens (including phenoxy) is 2. The van der Waals surface area contributed by atoms with Gasteiger partial charge in [0, 0.05) is 18.2 Å². The van der Waals surface area contributed by atoms with Crippen molar-refractivity contribution in [3.8, 4) is 11.5 Å². The molecule has 1 aliphatic heterocycles. The van der Waals surface area contributed by atoms with Gasteiger partial charge in [-0.05, 0) is 61.2 Å². The van der Waals surface area contributed by atoms with E-state index in [2.05, 4.69) is 13.8 Å². The molecule has 0 saturated carbocycles. The number of nitrogens with zero attached hydrogens (tertiary/aromatic N) is 1. The van der Waals surface area contributed by atoms with Crippen molar-refractivity contribution in [3.63, 3.8) is 0 Å². The van der Waals surface area contributed by atoms with Crippen molar-refractivity contribution in [2.45, 2.75) is 71.4 Å². The minimum Gasteiger partial charge on any atom is -0.494 e. The Morgan fingerprint density at radius 1 is 0.857 bits per heavy atom. The van der Waals surface area contributed by atoms with Crippen LogP contribution in [0.3, 0.4) is 0 Å². The van der Waals surface area contributed by atoms with Crippen molar-refractivity contribution in [2.75, 3.05) is 24.7 Å². The van der Waals surface area contributed by atoms with Crippen LogP contribution in [0.4, 0.5) is 0 Å². The van der Waals surface area contributed by atoms with Gasteiger partial charge in [0.25, 0.3) is 5.91 Å². The van der Waals surface area contributed by atoms with Gasteiger partial charge in [0.1, 0.15) is 11.5 Å². The number of sulfone groups is 1. The Hall–Kier alpha value is -2.54. The molecule has 2 aromatic carbocycles. The molecule has 2 aromatic rings. The van der Waals surface area contributed by atoms with Crippen LogP contribution in [0.25, 0.3) is 0 Å². The van der Waals surface area contributed by atoms with Gasteiger partial charge in [0.05, 0.1) is 24.7 Å². The van der Waals surface area contributed by atoms with Crippen LogP contribution >= 0.6 is 0 Å². The summed E-state index contributed by atoms with van der Waals surface area (Å²) < 4.78 is 35.8. The number of amides is 1. The first kappa shape index (κ1) is 27.1. The van der Waals surface area contributed by atoms with Crippen LogP contribution in [0.15, 0.2) is 48.5 Å². The number of carbonyl (C=O) groups is 1. The van der Waals surface area contributed by atoms with E-state index in [1.54, 1.807) is 17.0 Å². The molecule has 1 atom stereocenters. The molecule has 35 heavy (non-hydrogen) atoms. The number of benzene rings is 2. The zero-order valence-electron chi connectivity index (χ0n) is 21.1. The van der Waals surface area contributed by atoms with Crippen LogP contribution in [0.5, 0.6) is 11.5 Å². The molecule has 7 heteroatoms. The van der Waals surface area contributed by atoms with E-state index in [0.717, 1.165) is 36.3 Å². The molecule has 0 aliphatic carbocycles. The third-order valence-corrected chi connectivity index (χ3v) is 8.03. The Balaban J connectivity index is 1.66. The molecule has 3 rings (SSSR count). The highest BCUT2D eigenvalue weighted by Crippen LogP contribution is 2.24. The van der Waals surface area contributed by atoms with Gasteiger partial charge in [-0.2, -0.15) is 0 Å². The first-order chi connectivity index (χ1) is 16.9. The van der Waals surface area contributed by atoms with Gasteiger partial charge >= 0.3 is 0 Å². The standard InChI is InChI=1S/C28H39NO5S/c1-3-5-6-7-8-19-34-27-15-11-24(12-16-27)28(30)29(25-17-20-35(31,32)22-25)21-23-9-13-26(14-10-23)33-18-4-2/h9-16,25H,3-8,17-22H2,1-2H3. The molecule has 1 amide bonds. The lowest BCUT2D eigenvalue weighted by atomic mass is 10.1. The van der Waals surface area contributed by atoms with E-state index in [1.165, 1.54) is 19.3 Å². The lowest BCUT2D eigenvalue weighted by molar-refractivity contribution is 0.0681. The molecular formula is C28H39NO5S. The molecule has 0 bridgehead atoms. The fourth-order valence-electron chi connectivity index (χ4n) is 4.25. The van der Waals surface area contributed by atoms with Gasteiger partial charge in [-0.25, -0.2) is 8.42 Å². The number of hydrogen-bond acceptors (Lipinski definition) is 5. The first-order valence-corrected chi connectivity index (χ1v) is 14.7. The Kier molecular flexibility index (Phi) is 10.5. The molecule has 0 N–H and O–H groups in total. The van der Waals surface area contributed by atoms with E-state index in [-0.39, 0.29) is 23.5 Å². The molecular weight excluding hydrogens is 462 g/mol. The molecule has 192 valence electrons. The highest BCUT2D eigenvalue weighted by molar-refractivity contribution is 7.91. The van der Waals surface area contributed by atoms with Crippen LogP contribution in [0.2, 0.25) is 0 Å². The Bertz CT molecular complexity index is 1020. The minimum atomic E-state index is -3.12. The summed E-state index contributed by atoms with van der Waals surface area (Å²) in [5, 5.41) is 0. The molecule has 1 heterocycles. The Morgan fingerprint density at radius 3 is 2.09 bits per heavy atom. The summed E-state index contributed by atoms with van der Waals surface area (Å²) in [6.45, 7) is 5.93. The van der Waals surface area contributed by atoms with Crippen molar-refractivity contribution in [1.29, 1.82) is 0 Å².